The molecule has 1 aromatic heterocycles. The van der Waals surface area contributed by atoms with Gasteiger partial charge in [0.25, 0.3) is 5.91 Å². The zero-order valence-corrected chi connectivity index (χ0v) is 12.1. The highest BCUT2D eigenvalue weighted by molar-refractivity contribution is 6.33. The molecule has 1 saturated heterocycles. The number of amides is 1. The lowest BCUT2D eigenvalue weighted by Gasteiger charge is -2.38. The van der Waals surface area contributed by atoms with E-state index in [9.17, 15) is 4.79 Å². The second kappa shape index (κ2) is 5.35. The highest BCUT2D eigenvalue weighted by Crippen LogP contribution is 2.22. The third-order valence-electron chi connectivity index (χ3n) is 3.02. The van der Waals surface area contributed by atoms with Crippen molar-refractivity contribution in [3.8, 4) is 0 Å². The number of carbonyl (C=O) groups is 1. The van der Waals surface area contributed by atoms with Crippen LogP contribution in [0.3, 0.4) is 0 Å². The van der Waals surface area contributed by atoms with Crippen LogP contribution in [0, 0.1) is 0 Å². The molecule has 0 spiro atoms. The number of ether oxygens (including phenoxy) is 1. The number of rotatable bonds is 2. The first-order valence-electron chi connectivity index (χ1n) is 6.20. The summed E-state index contributed by atoms with van der Waals surface area (Å²) in [4.78, 5) is 18.4. The van der Waals surface area contributed by atoms with Gasteiger partial charge < -0.3 is 15.0 Å². The quantitative estimate of drug-likeness (QED) is 0.902. The second-order valence-corrected chi connectivity index (χ2v) is 5.52. The lowest BCUT2D eigenvalue weighted by Crippen LogP contribution is -2.50. The molecule has 0 unspecified atom stereocenters. The summed E-state index contributed by atoms with van der Waals surface area (Å²) in [5, 5.41) is 3.27. The Balaban J connectivity index is 2.24. The smallest absolute Gasteiger partial charge is 0.274 e. The van der Waals surface area contributed by atoms with Gasteiger partial charge in [0.2, 0.25) is 0 Å². The van der Waals surface area contributed by atoms with Crippen LogP contribution in [0.2, 0.25) is 5.02 Å². The topological polar surface area (TPSA) is 54.5 Å². The van der Waals surface area contributed by atoms with Crippen molar-refractivity contribution in [2.75, 3.05) is 32.1 Å². The summed E-state index contributed by atoms with van der Waals surface area (Å²) in [5.41, 5.74) is -0.0488. The van der Waals surface area contributed by atoms with Crippen molar-refractivity contribution < 1.29 is 9.53 Å². The molecule has 5 nitrogen and oxygen atoms in total. The van der Waals surface area contributed by atoms with Crippen LogP contribution in [0.1, 0.15) is 24.3 Å². The maximum absolute atomic E-state index is 12.5. The van der Waals surface area contributed by atoms with Crippen LogP contribution < -0.4 is 5.32 Å². The maximum Gasteiger partial charge on any atom is 0.274 e. The number of hydrogen-bond donors (Lipinski definition) is 1. The Bertz CT molecular complexity index is 491. The third kappa shape index (κ3) is 3.16. The summed E-state index contributed by atoms with van der Waals surface area (Å²) in [7, 11) is 1.75. The molecule has 0 bridgehead atoms. The second-order valence-electron chi connectivity index (χ2n) is 5.11. The molecular weight excluding hydrogens is 266 g/mol. The number of nitrogens with zero attached hydrogens (tertiary/aromatic N) is 2. The van der Waals surface area contributed by atoms with Gasteiger partial charge >= 0.3 is 0 Å². The van der Waals surface area contributed by atoms with E-state index in [2.05, 4.69) is 10.3 Å². The van der Waals surface area contributed by atoms with Crippen LogP contribution in [0.25, 0.3) is 0 Å². The number of anilines is 1. The summed E-state index contributed by atoms with van der Waals surface area (Å²) < 4.78 is 5.60. The zero-order chi connectivity index (χ0) is 14.0. The standard InChI is InChI=1S/C13H18ClN3O2/c1-13(2)8-17(6-7-19-13)12(18)11-9(14)4-5-10(15-3)16-11/h4-5H,6-8H2,1-3H3,(H,15,16). The minimum atomic E-state index is -0.332. The molecule has 104 valence electrons. The fourth-order valence-corrected chi connectivity index (χ4v) is 2.26. The van der Waals surface area contributed by atoms with Gasteiger partial charge in [-0.05, 0) is 26.0 Å². The van der Waals surface area contributed by atoms with E-state index in [1.807, 2.05) is 13.8 Å². The van der Waals surface area contributed by atoms with Gasteiger partial charge in [-0.1, -0.05) is 11.6 Å². The van der Waals surface area contributed by atoms with E-state index in [0.717, 1.165) is 0 Å². The monoisotopic (exact) mass is 283 g/mol. The third-order valence-corrected chi connectivity index (χ3v) is 3.32. The Morgan fingerprint density at radius 1 is 1.53 bits per heavy atom. The number of nitrogens with one attached hydrogen (secondary N) is 1. The predicted molar refractivity (Wildman–Crippen MR) is 74.7 cm³/mol. The van der Waals surface area contributed by atoms with Gasteiger partial charge in [0, 0.05) is 20.1 Å². The molecule has 1 aliphatic heterocycles. The van der Waals surface area contributed by atoms with Crippen molar-refractivity contribution in [2.24, 2.45) is 0 Å². The van der Waals surface area contributed by atoms with Gasteiger partial charge in [-0.3, -0.25) is 4.79 Å². The lowest BCUT2D eigenvalue weighted by atomic mass is 10.1. The van der Waals surface area contributed by atoms with Gasteiger partial charge in [0.15, 0.2) is 0 Å². The zero-order valence-electron chi connectivity index (χ0n) is 11.4. The number of morpholine rings is 1. The minimum Gasteiger partial charge on any atom is -0.373 e. The van der Waals surface area contributed by atoms with Crippen LogP contribution in [0.15, 0.2) is 12.1 Å². The van der Waals surface area contributed by atoms with Crippen LogP contribution in [-0.4, -0.2) is 48.1 Å². The summed E-state index contributed by atoms with van der Waals surface area (Å²) in [6.45, 7) is 5.55. The van der Waals surface area contributed by atoms with Crippen molar-refractivity contribution in [3.05, 3.63) is 22.8 Å². The molecule has 2 heterocycles. The van der Waals surface area contributed by atoms with Gasteiger partial charge in [-0.25, -0.2) is 4.98 Å². The Labute approximate surface area is 117 Å². The van der Waals surface area contributed by atoms with Crippen molar-refractivity contribution in [1.82, 2.24) is 9.88 Å². The van der Waals surface area contributed by atoms with Gasteiger partial charge in [-0.2, -0.15) is 0 Å². The fraction of sp³-hybridized carbons (Fsp3) is 0.538. The molecule has 1 aliphatic rings. The van der Waals surface area contributed by atoms with Crippen LogP contribution in [-0.2, 0) is 4.74 Å². The normalized spacial score (nSPS) is 18.2. The summed E-state index contributed by atoms with van der Waals surface area (Å²) >= 11 is 6.07. The van der Waals surface area contributed by atoms with Crippen molar-refractivity contribution in [1.29, 1.82) is 0 Å². The minimum absolute atomic E-state index is 0.154. The summed E-state index contributed by atoms with van der Waals surface area (Å²) in [6, 6.07) is 3.42. The predicted octanol–water partition coefficient (Wildman–Crippen LogP) is 2.03. The molecule has 2 rings (SSSR count). The SMILES string of the molecule is CNc1ccc(Cl)c(C(=O)N2CCOC(C)(C)C2)n1. The molecule has 1 fully saturated rings. The molecule has 0 aromatic carbocycles. The highest BCUT2D eigenvalue weighted by atomic mass is 35.5. The molecular formula is C13H18ClN3O2. The van der Waals surface area contributed by atoms with Gasteiger partial charge in [-0.15, -0.1) is 0 Å². The molecule has 0 saturated carbocycles. The largest absolute Gasteiger partial charge is 0.373 e. The number of aromatic nitrogens is 1. The van der Waals surface area contributed by atoms with Crippen molar-refractivity contribution in [3.63, 3.8) is 0 Å². The number of pyridine rings is 1. The maximum atomic E-state index is 12.5. The van der Waals surface area contributed by atoms with E-state index in [1.54, 1.807) is 24.1 Å². The first kappa shape index (κ1) is 14.1. The van der Waals surface area contributed by atoms with Gasteiger partial charge in [0.1, 0.15) is 11.5 Å². The van der Waals surface area contributed by atoms with E-state index < -0.39 is 0 Å². The summed E-state index contributed by atoms with van der Waals surface area (Å²) in [5.74, 6) is 0.471. The molecule has 0 atom stereocenters. The first-order valence-corrected chi connectivity index (χ1v) is 6.58. The van der Waals surface area contributed by atoms with E-state index in [0.29, 0.717) is 30.5 Å². The number of hydrogen-bond acceptors (Lipinski definition) is 4. The molecule has 0 radical (unpaired) electrons. The van der Waals surface area contributed by atoms with Crippen LogP contribution >= 0.6 is 11.6 Å². The average Bonchev–Trinajstić information content (AvgIpc) is 2.37. The molecule has 1 aromatic rings. The van der Waals surface area contributed by atoms with Crippen molar-refractivity contribution in [2.45, 2.75) is 19.4 Å². The van der Waals surface area contributed by atoms with Crippen molar-refractivity contribution >= 4 is 23.3 Å². The fourth-order valence-electron chi connectivity index (χ4n) is 2.07. The Morgan fingerprint density at radius 3 is 2.89 bits per heavy atom. The average molecular weight is 284 g/mol. The van der Waals surface area contributed by atoms with E-state index in [1.165, 1.54) is 0 Å². The van der Waals surface area contributed by atoms with E-state index in [-0.39, 0.29) is 17.2 Å². The van der Waals surface area contributed by atoms with E-state index in [4.69, 9.17) is 16.3 Å². The van der Waals surface area contributed by atoms with Crippen LogP contribution in [0.4, 0.5) is 5.82 Å². The number of carbonyl (C=O) groups excluding carboxylic acids is 1. The Hall–Kier alpha value is -1.33. The first-order chi connectivity index (χ1) is 8.93. The molecule has 1 amide bonds. The van der Waals surface area contributed by atoms with E-state index >= 15 is 0 Å². The molecule has 0 aliphatic carbocycles. The lowest BCUT2D eigenvalue weighted by molar-refractivity contribution is -0.0765. The van der Waals surface area contributed by atoms with Gasteiger partial charge in [0.05, 0.1) is 17.2 Å². The number of halogens is 1. The Kier molecular flexibility index (Phi) is 3.96. The van der Waals surface area contributed by atoms with Crippen LogP contribution in [0.5, 0.6) is 0 Å². The summed E-state index contributed by atoms with van der Waals surface area (Å²) in [6.07, 6.45) is 0. The molecule has 1 N–H and O–H groups in total. The highest BCUT2D eigenvalue weighted by Gasteiger charge is 2.31. The Morgan fingerprint density at radius 2 is 2.26 bits per heavy atom. The molecule has 19 heavy (non-hydrogen) atoms. The molecule has 6 heteroatoms.